The number of anilines is 1. The number of benzene rings is 2. The third-order valence-corrected chi connectivity index (χ3v) is 3.74. The van der Waals surface area contributed by atoms with Gasteiger partial charge in [0.2, 0.25) is 11.7 Å². The summed E-state index contributed by atoms with van der Waals surface area (Å²) in [6.07, 6.45) is -0.196. The highest BCUT2D eigenvalue weighted by atomic mass is 19.1. The molecule has 0 aliphatic carbocycles. The van der Waals surface area contributed by atoms with Crippen LogP contribution in [0.2, 0.25) is 0 Å². The summed E-state index contributed by atoms with van der Waals surface area (Å²) in [5.74, 6) is -2.85. The van der Waals surface area contributed by atoms with Crippen LogP contribution in [0.5, 0.6) is 0 Å². The first-order valence-electron chi connectivity index (χ1n) is 8.47. The van der Waals surface area contributed by atoms with Crippen LogP contribution in [-0.4, -0.2) is 29.3 Å². The molecule has 0 spiro atoms. The highest BCUT2D eigenvalue weighted by molar-refractivity contribution is 5.93. The molecule has 2 N–H and O–H groups in total. The van der Waals surface area contributed by atoms with Crippen molar-refractivity contribution in [2.75, 3.05) is 11.9 Å². The zero-order valence-corrected chi connectivity index (χ0v) is 15.4. The van der Waals surface area contributed by atoms with Gasteiger partial charge in [0, 0.05) is 18.7 Å². The molecule has 1 atom stereocenters. The van der Waals surface area contributed by atoms with Crippen molar-refractivity contribution in [3.63, 3.8) is 0 Å². The van der Waals surface area contributed by atoms with E-state index in [4.69, 9.17) is 4.74 Å². The standard InChI is InChI=1S/C19H18FN3O6/c1-12(24)21-16(13-5-3-2-4-6-13)10-19(26)29-11-18(25)22-14-7-8-15(20)17(9-14)23(27)28/h2-9,16H,10-11H2,1H3,(H,21,24)(H,22,25)/t16-/m0/s1. The number of halogens is 1. The lowest BCUT2D eigenvalue weighted by Crippen LogP contribution is -2.29. The van der Waals surface area contributed by atoms with Crippen molar-refractivity contribution in [3.05, 3.63) is 70.0 Å². The number of carbonyl (C=O) groups is 3. The van der Waals surface area contributed by atoms with Crippen LogP contribution in [0.4, 0.5) is 15.8 Å². The smallest absolute Gasteiger partial charge is 0.308 e. The quantitative estimate of drug-likeness (QED) is 0.396. The van der Waals surface area contributed by atoms with Gasteiger partial charge in [-0.05, 0) is 17.7 Å². The fraction of sp³-hybridized carbons (Fsp3) is 0.211. The zero-order chi connectivity index (χ0) is 21.4. The second kappa shape index (κ2) is 9.93. The first kappa shape index (κ1) is 21.5. The Morgan fingerprint density at radius 3 is 2.48 bits per heavy atom. The Morgan fingerprint density at radius 1 is 1.17 bits per heavy atom. The number of nitrogens with one attached hydrogen (secondary N) is 2. The average Bonchev–Trinajstić information content (AvgIpc) is 2.67. The van der Waals surface area contributed by atoms with Gasteiger partial charge in [0.05, 0.1) is 17.4 Å². The number of hydrogen-bond donors (Lipinski definition) is 2. The molecule has 10 heteroatoms. The SMILES string of the molecule is CC(=O)N[C@@H](CC(=O)OCC(=O)Nc1ccc(F)c([N+](=O)[O-])c1)c1ccccc1. The molecule has 0 unspecified atom stereocenters. The van der Waals surface area contributed by atoms with Crippen LogP contribution in [0, 0.1) is 15.9 Å². The van der Waals surface area contributed by atoms with E-state index in [0.29, 0.717) is 5.56 Å². The fourth-order valence-electron chi connectivity index (χ4n) is 2.48. The Bertz CT molecular complexity index is 919. The maximum absolute atomic E-state index is 13.3. The maximum Gasteiger partial charge on any atom is 0.308 e. The molecule has 29 heavy (non-hydrogen) atoms. The lowest BCUT2D eigenvalue weighted by atomic mass is 10.0. The lowest BCUT2D eigenvalue weighted by Gasteiger charge is -2.17. The van der Waals surface area contributed by atoms with E-state index < -0.39 is 41.0 Å². The molecule has 0 heterocycles. The molecule has 2 aromatic carbocycles. The first-order chi connectivity index (χ1) is 13.8. The van der Waals surface area contributed by atoms with E-state index >= 15 is 0 Å². The third-order valence-electron chi connectivity index (χ3n) is 3.74. The van der Waals surface area contributed by atoms with Crippen LogP contribution in [0.3, 0.4) is 0 Å². The molecule has 0 aliphatic heterocycles. The summed E-state index contributed by atoms with van der Waals surface area (Å²) in [4.78, 5) is 45.1. The van der Waals surface area contributed by atoms with E-state index in [1.54, 1.807) is 30.3 Å². The van der Waals surface area contributed by atoms with E-state index in [-0.39, 0.29) is 18.0 Å². The van der Waals surface area contributed by atoms with Crippen LogP contribution in [0.15, 0.2) is 48.5 Å². The minimum atomic E-state index is -1.04. The van der Waals surface area contributed by atoms with Gasteiger partial charge in [-0.25, -0.2) is 0 Å². The van der Waals surface area contributed by atoms with Gasteiger partial charge in [-0.1, -0.05) is 30.3 Å². The molecule has 0 fully saturated rings. The zero-order valence-electron chi connectivity index (χ0n) is 15.4. The van der Waals surface area contributed by atoms with Crippen LogP contribution in [0.25, 0.3) is 0 Å². The minimum Gasteiger partial charge on any atom is -0.455 e. The molecular formula is C19H18FN3O6. The van der Waals surface area contributed by atoms with Crippen LogP contribution >= 0.6 is 0 Å². The Kier molecular flexibility index (Phi) is 7.35. The van der Waals surface area contributed by atoms with Crippen molar-refractivity contribution in [3.8, 4) is 0 Å². The predicted molar refractivity (Wildman–Crippen MR) is 100 cm³/mol. The van der Waals surface area contributed by atoms with Crippen molar-refractivity contribution in [2.24, 2.45) is 0 Å². The van der Waals surface area contributed by atoms with Crippen molar-refractivity contribution in [2.45, 2.75) is 19.4 Å². The molecule has 0 bridgehead atoms. The van der Waals surface area contributed by atoms with Crippen LogP contribution in [-0.2, 0) is 19.1 Å². The molecule has 0 radical (unpaired) electrons. The normalized spacial score (nSPS) is 11.2. The summed E-state index contributed by atoms with van der Waals surface area (Å²) >= 11 is 0. The van der Waals surface area contributed by atoms with Gasteiger partial charge in [0.1, 0.15) is 0 Å². The lowest BCUT2D eigenvalue weighted by molar-refractivity contribution is -0.387. The summed E-state index contributed by atoms with van der Waals surface area (Å²) in [6, 6.07) is 11.0. The predicted octanol–water partition coefficient (Wildman–Crippen LogP) is 2.48. The molecule has 152 valence electrons. The molecule has 9 nitrogen and oxygen atoms in total. The van der Waals surface area contributed by atoms with Gasteiger partial charge in [0.15, 0.2) is 6.61 Å². The van der Waals surface area contributed by atoms with Crippen molar-refractivity contribution < 1.29 is 28.4 Å². The molecule has 0 saturated heterocycles. The highest BCUT2D eigenvalue weighted by Gasteiger charge is 2.19. The molecule has 0 aromatic heterocycles. The van der Waals surface area contributed by atoms with E-state index in [1.165, 1.54) is 6.92 Å². The van der Waals surface area contributed by atoms with Gasteiger partial charge in [-0.15, -0.1) is 0 Å². The van der Waals surface area contributed by atoms with Crippen LogP contribution < -0.4 is 10.6 Å². The number of nitrogens with zero attached hydrogens (tertiary/aromatic N) is 1. The summed E-state index contributed by atoms with van der Waals surface area (Å²) in [5, 5.41) is 15.6. The van der Waals surface area contributed by atoms with Gasteiger partial charge >= 0.3 is 11.7 Å². The third kappa shape index (κ3) is 6.69. The number of ether oxygens (including phenoxy) is 1. The van der Waals surface area contributed by atoms with Gasteiger partial charge in [-0.2, -0.15) is 4.39 Å². The van der Waals surface area contributed by atoms with Gasteiger partial charge in [0.25, 0.3) is 5.91 Å². The maximum atomic E-state index is 13.3. The number of hydrogen-bond acceptors (Lipinski definition) is 6. The number of rotatable bonds is 8. The van der Waals surface area contributed by atoms with E-state index in [2.05, 4.69) is 10.6 Å². The van der Waals surface area contributed by atoms with Crippen molar-refractivity contribution >= 4 is 29.2 Å². The summed E-state index contributed by atoms with van der Waals surface area (Å²) in [5.41, 5.74) is -0.108. The molecule has 2 aromatic rings. The Balaban J connectivity index is 1.92. The minimum absolute atomic E-state index is 0.0143. The van der Waals surface area contributed by atoms with Crippen molar-refractivity contribution in [1.82, 2.24) is 5.32 Å². The van der Waals surface area contributed by atoms with Crippen LogP contribution in [0.1, 0.15) is 24.9 Å². The summed E-state index contributed by atoms with van der Waals surface area (Å²) < 4.78 is 18.2. The number of nitro groups is 1. The molecular weight excluding hydrogens is 385 g/mol. The monoisotopic (exact) mass is 403 g/mol. The largest absolute Gasteiger partial charge is 0.455 e. The molecule has 2 amide bonds. The van der Waals surface area contributed by atoms with Gasteiger partial charge in [-0.3, -0.25) is 24.5 Å². The molecule has 0 saturated carbocycles. The van der Waals surface area contributed by atoms with E-state index in [1.807, 2.05) is 0 Å². The second-order valence-corrected chi connectivity index (χ2v) is 6.00. The first-order valence-corrected chi connectivity index (χ1v) is 8.47. The van der Waals surface area contributed by atoms with E-state index in [9.17, 15) is 28.9 Å². The number of nitro benzene ring substituents is 1. The fourth-order valence-corrected chi connectivity index (χ4v) is 2.48. The summed E-state index contributed by atoms with van der Waals surface area (Å²) in [7, 11) is 0. The Hall–Kier alpha value is -3.82. The van der Waals surface area contributed by atoms with Gasteiger partial charge < -0.3 is 15.4 Å². The summed E-state index contributed by atoms with van der Waals surface area (Å²) in [6.45, 7) is 0.669. The average molecular weight is 403 g/mol. The Morgan fingerprint density at radius 2 is 1.86 bits per heavy atom. The van der Waals surface area contributed by atoms with Crippen molar-refractivity contribution in [1.29, 1.82) is 0 Å². The molecule has 2 rings (SSSR count). The second-order valence-electron chi connectivity index (χ2n) is 6.00. The highest BCUT2D eigenvalue weighted by Crippen LogP contribution is 2.21. The Labute approximate surface area is 165 Å². The molecule has 0 aliphatic rings. The number of esters is 1. The topological polar surface area (TPSA) is 128 Å². The number of amides is 2. The van der Waals surface area contributed by atoms with E-state index in [0.717, 1.165) is 18.2 Å². The number of carbonyl (C=O) groups excluding carboxylic acids is 3.